The van der Waals surface area contributed by atoms with E-state index in [1.165, 1.54) is 0 Å². The van der Waals surface area contributed by atoms with Crippen molar-refractivity contribution >= 4 is 11.6 Å². The van der Waals surface area contributed by atoms with Gasteiger partial charge >= 0.3 is 0 Å². The summed E-state index contributed by atoms with van der Waals surface area (Å²) in [5, 5.41) is 0. The summed E-state index contributed by atoms with van der Waals surface area (Å²) >= 11 is 0. The lowest BCUT2D eigenvalue weighted by Gasteiger charge is -2.41. The van der Waals surface area contributed by atoms with Gasteiger partial charge in [0, 0.05) is 11.8 Å². The van der Waals surface area contributed by atoms with Crippen LogP contribution in [0.3, 0.4) is 0 Å². The van der Waals surface area contributed by atoms with Crippen LogP contribution in [0.25, 0.3) is 0 Å². The van der Waals surface area contributed by atoms with Crippen LogP contribution in [0.15, 0.2) is 24.3 Å². The molecule has 4 aliphatic rings. The van der Waals surface area contributed by atoms with Crippen LogP contribution in [0.5, 0.6) is 0 Å². The van der Waals surface area contributed by atoms with E-state index in [2.05, 4.69) is 12.2 Å². The second kappa shape index (κ2) is 2.31. The van der Waals surface area contributed by atoms with Gasteiger partial charge < -0.3 is 0 Å². The molecule has 0 heterocycles. The highest BCUT2D eigenvalue weighted by Crippen LogP contribution is 2.62. The Morgan fingerprint density at radius 3 is 1.80 bits per heavy atom. The molecule has 4 aliphatic carbocycles. The zero-order valence-electron chi connectivity index (χ0n) is 8.30. The molecule has 0 aliphatic heterocycles. The van der Waals surface area contributed by atoms with Gasteiger partial charge in [-0.15, -0.1) is 0 Å². The first-order chi connectivity index (χ1) is 7.27. The molecule has 2 nitrogen and oxygen atoms in total. The third-order valence-electron chi connectivity index (χ3n) is 4.91. The van der Waals surface area contributed by atoms with Crippen LogP contribution in [0.4, 0.5) is 0 Å². The number of carbonyl (C=O) groups excluding carboxylic acids is 2. The number of allylic oxidation sites excluding steroid dienone is 4. The van der Waals surface area contributed by atoms with E-state index >= 15 is 0 Å². The zero-order valence-corrected chi connectivity index (χ0v) is 8.30. The number of rotatable bonds is 0. The van der Waals surface area contributed by atoms with E-state index in [0.717, 1.165) is 6.42 Å². The van der Waals surface area contributed by atoms with E-state index in [1.807, 2.05) is 0 Å². The topological polar surface area (TPSA) is 34.1 Å². The van der Waals surface area contributed by atoms with E-state index in [0.29, 0.717) is 23.7 Å². The molecule has 0 spiro atoms. The first-order valence-electron chi connectivity index (χ1n) is 5.71. The van der Waals surface area contributed by atoms with Gasteiger partial charge in [0.05, 0.1) is 0 Å². The molecule has 2 bridgehead atoms. The molecule has 0 unspecified atom stereocenters. The van der Waals surface area contributed by atoms with Gasteiger partial charge in [0.1, 0.15) is 0 Å². The summed E-state index contributed by atoms with van der Waals surface area (Å²) in [6.45, 7) is 0. The molecule has 2 saturated carbocycles. The van der Waals surface area contributed by atoms with Gasteiger partial charge in [0.15, 0.2) is 11.6 Å². The van der Waals surface area contributed by atoms with E-state index in [4.69, 9.17) is 0 Å². The predicted octanol–water partition coefficient (Wildman–Crippen LogP) is 1.38. The molecule has 0 aromatic carbocycles. The number of hydrogen-bond donors (Lipinski definition) is 0. The molecule has 0 radical (unpaired) electrons. The summed E-state index contributed by atoms with van der Waals surface area (Å²) in [4.78, 5) is 23.6. The van der Waals surface area contributed by atoms with Crippen molar-refractivity contribution in [2.75, 3.05) is 0 Å². The highest BCUT2D eigenvalue weighted by Gasteiger charge is 2.62. The molecule has 6 atom stereocenters. The molecule has 0 amide bonds. The van der Waals surface area contributed by atoms with E-state index in [-0.39, 0.29) is 23.4 Å². The Hall–Kier alpha value is -1.18. The van der Waals surface area contributed by atoms with Gasteiger partial charge in [0.2, 0.25) is 0 Å². The van der Waals surface area contributed by atoms with Crippen LogP contribution in [0.2, 0.25) is 0 Å². The number of fused-ring (bicyclic) bond motifs is 2. The largest absolute Gasteiger partial charge is 0.295 e. The quantitative estimate of drug-likeness (QED) is 0.592. The van der Waals surface area contributed by atoms with Gasteiger partial charge in [-0.05, 0) is 42.2 Å². The fourth-order valence-corrected chi connectivity index (χ4v) is 4.46. The summed E-state index contributed by atoms with van der Waals surface area (Å²) in [6, 6.07) is 0. The summed E-state index contributed by atoms with van der Waals surface area (Å²) < 4.78 is 0. The number of ketones is 2. The van der Waals surface area contributed by atoms with Crippen LogP contribution in [0, 0.1) is 35.5 Å². The smallest absolute Gasteiger partial charge is 0.159 e. The molecule has 2 fully saturated rings. The second-order valence-electron chi connectivity index (χ2n) is 5.29. The summed E-state index contributed by atoms with van der Waals surface area (Å²) in [6.07, 6.45) is 8.71. The lowest BCUT2D eigenvalue weighted by Crippen LogP contribution is -2.44. The SMILES string of the molecule is O=C1C=C[C@H]2[C@@H]3C=CC(=O)[C@H]4[C@@H]3C[C@@H]2[C@@H]14. The number of carbonyl (C=O) groups is 2. The molecular weight excluding hydrogens is 188 g/mol. The van der Waals surface area contributed by atoms with Crippen molar-refractivity contribution in [2.24, 2.45) is 35.5 Å². The van der Waals surface area contributed by atoms with Crippen molar-refractivity contribution in [3.63, 3.8) is 0 Å². The van der Waals surface area contributed by atoms with Gasteiger partial charge in [-0.2, -0.15) is 0 Å². The van der Waals surface area contributed by atoms with Crippen molar-refractivity contribution in [3.8, 4) is 0 Å². The second-order valence-corrected chi connectivity index (χ2v) is 5.29. The third-order valence-corrected chi connectivity index (χ3v) is 4.91. The fourth-order valence-electron chi connectivity index (χ4n) is 4.46. The molecule has 2 heteroatoms. The van der Waals surface area contributed by atoms with Crippen LogP contribution in [-0.4, -0.2) is 11.6 Å². The Balaban J connectivity index is 1.95. The normalized spacial score (nSPS) is 54.1. The van der Waals surface area contributed by atoms with E-state index in [1.54, 1.807) is 12.2 Å². The van der Waals surface area contributed by atoms with Crippen LogP contribution in [0.1, 0.15) is 6.42 Å². The van der Waals surface area contributed by atoms with E-state index in [9.17, 15) is 9.59 Å². The summed E-state index contributed by atoms with van der Waals surface area (Å²) in [7, 11) is 0. The van der Waals surface area contributed by atoms with Crippen molar-refractivity contribution in [1.82, 2.24) is 0 Å². The van der Waals surface area contributed by atoms with Gasteiger partial charge in [0.25, 0.3) is 0 Å². The van der Waals surface area contributed by atoms with Gasteiger partial charge in [-0.3, -0.25) is 9.59 Å². The molecule has 0 aromatic heterocycles. The Morgan fingerprint density at radius 2 is 1.33 bits per heavy atom. The molecule has 0 aromatic rings. The highest BCUT2D eigenvalue weighted by molar-refractivity contribution is 6.02. The minimum Gasteiger partial charge on any atom is -0.295 e. The van der Waals surface area contributed by atoms with Crippen LogP contribution < -0.4 is 0 Å². The molecule has 76 valence electrons. The van der Waals surface area contributed by atoms with Crippen molar-refractivity contribution in [2.45, 2.75) is 6.42 Å². The van der Waals surface area contributed by atoms with E-state index < -0.39 is 0 Å². The summed E-state index contributed by atoms with van der Waals surface area (Å²) in [5.74, 6) is 2.47. The lowest BCUT2D eigenvalue weighted by atomic mass is 9.61. The molecule has 0 saturated heterocycles. The van der Waals surface area contributed by atoms with Crippen molar-refractivity contribution < 1.29 is 9.59 Å². The van der Waals surface area contributed by atoms with Gasteiger partial charge in [-0.1, -0.05) is 12.2 Å². The minimum atomic E-state index is 0.0266. The first-order valence-corrected chi connectivity index (χ1v) is 5.71. The maximum Gasteiger partial charge on any atom is 0.159 e. The lowest BCUT2D eigenvalue weighted by molar-refractivity contribution is -0.132. The van der Waals surface area contributed by atoms with Crippen LogP contribution in [-0.2, 0) is 9.59 Å². The fraction of sp³-hybridized carbons (Fsp3) is 0.538. The average molecular weight is 200 g/mol. The molecule has 15 heavy (non-hydrogen) atoms. The van der Waals surface area contributed by atoms with Crippen LogP contribution >= 0.6 is 0 Å². The standard InChI is InChI=1S/C13H12O2/c14-10-3-1-6-7-2-4-11(15)13-9(7)5-8(6)12(10)13/h1-4,6-9,12-13H,5H2/t6-,7-,8-,9+,12-,13+/m0/s1. The Labute approximate surface area is 88.0 Å². The Bertz CT molecular complexity index is 392. The monoisotopic (exact) mass is 200 g/mol. The van der Waals surface area contributed by atoms with Gasteiger partial charge in [-0.25, -0.2) is 0 Å². The maximum atomic E-state index is 11.8. The molecule has 0 N–H and O–H groups in total. The van der Waals surface area contributed by atoms with Crippen molar-refractivity contribution in [1.29, 1.82) is 0 Å². The maximum absolute atomic E-state index is 11.8. The van der Waals surface area contributed by atoms with Crippen molar-refractivity contribution in [3.05, 3.63) is 24.3 Å². The Kier molecular flexibility index (Phi) is 1.24. The predicted molar refractivity (Wildman–Crippen MR) is 53.9 cm³/mol. The number of hydrogen-bond acceptors (Lipinski definition) is 2. The highest BCUT2D eigenvalue weighted by atomic mass is 16.1. The molecular formula is C13H12O2. The first kappa shape index (κ1) is 8.03. The summed E-state index contributed by atoms with van der Waals surface area (Å²) in [5.41, 5.74) is 0. The molecule has 4 rings (SSSR count). The third kappa shape index (κ3) is 0.747. The zero-order chi connectivity index (χ0) is 10.2. The minimum absolute atomic E-state index is 0.0266. The average Bonchev–Trinajstić information content (AvgIpc) is 2.76. The Morgan fingerprint density at radius 1 is 0.867 bits per heavy atom.